The first kappa shape index (κ1) is 21.5. The van der Waals surface area contributed by atoms with Crippen molar-refractivity contribution in [1.29, 1.82) is 0 Å². The van der Waals surface area contributed by atoms with E-state index in [1.807, 2.05) is 31.2 Å². The van der Waals surface area contributed by atoms with Crippen LogP contribution in [-0.4, -0.2) is 53.2 Å². The summed E-state index contributed by atoms with van der Waals surface area (Å²) in [7, 11) is 0. The van der Waals surface area contributed by atoms with Gasteiger partial charge in [0.05, 0.1) is 5.92 Å². The number of carboxylic acids is 1. The highest BCUT2D eigenvalue weighted by atomic mass is 16.5. The molecule has 172 valence electrons. The fourth-order valence-corrected chi connectivity index (χ4v) is 5.35. The molecule has 2 aromatic rings. The van der Waals surface area contributed by atoms with Crippen molar-refractivity contribution < 1.29 is 24.2 Å². The van der Waals surface area contributed by atoms with Gasteiger partial charge in [-0.15, -0.1) is 0 Å². The van der Waals surface area contributed by atoms with E-state index in [1.54, 1.807) is 4.90 Å². The van der Waals surface area contributed by atoms with Gasteiger partial charge in [0.2, 0.25) is 5.91 Å². The minimum atomic E-state index is -0.970. The van der Waals surface area contributed by atoms with Crippen LogP contribution < -0.4 is 5.32 Å². The fraction of sp³-hybridized carbons (Fsp3) is 0.423. The third-order valence-electron chi connectivity index (χ3n) is 7.14. The Labute approximate surface area is 192 Å². The van der Waals surface area contributed by atoms with Crippen molar-refractivity contribution in [3.05, 3.63) is 59.7 Å². The predicted molar refractivity (Wildman–Crippen MR) is 122 cm³/mol. The molecule has 2 unspecified atom stereocenters. The highest BCUT2D eigenvalue weighted by Gasteiger charge is 2.54. The number of nitrogens with one attached hydrogen (secondary N) is 1. The molecule has 0 radical (unpaired) electrons. The number of piperidine rings is 1. The quantitative estimate of drug-likeness (QED) is 0.728. The van der Waals surface area contributed by atoms with Crippen molar-refractivity contribution in [3.8, 4) is 11.1 Å². The van der Waals surface area contributed by atoms with Crippen molar-refractivity contribution in [2.45, 2.75) is 37.6 Å². The van der Waals surface area contributed by atoms with Gasteiger partial charge in [0, 0.05) is 19.0 Å². The molecule has 2 atom stereocenters. The van der Waals surface area contributed by atoms with Crippen molar-refractivity contribution in [1.82, 2.24) is 10.2 Å². The van der Waals surface area contributed by atoms with Crippen molar-refractivity contribution in [3.63, 3.8) is 0 Å². The van der Waals surface area contributed by atoms with Gasteiger partial charge in [-0.25, -0.2) is 4.79 Å². The monoisotopic (exact) mass is 448 g/mol. The van der Waals surface area contributed by atoms with Gasteiger partial charge in [0.15, 0.2) is 0 Å². The maximum Gasteiger partial charge on any atom is 0.408 e. The number of carbonyl (C=O) groups excluding carboxylic acids is 2. The molecule has 7 heteroatoms. The second kappa shape index (κ2) is 8.21. The van der Waals surface area contributed by atoms with E-state index < -0.39 is 23.5 Å². The lowest BCUT2D eigenvalue weighted by atomic mass is 9.90. The van der Waals surface area contributed by atoms with Gasteiger partial charge in [-0.1, -0.05) is 55.5 Å². The number of fused-ring (bicyclic) bond motifs is 3. The number of hydrogen-bond donors (Lipinski definition) is 2. The molecule has 1 saturated carbocycles. The van der Waals surface area contributed by atoms with E-state index in [4.69, 9.17) is 4.74 Å². The number of carbonyl (C=O) groups is 3. The standard InChI is InChI=1S/C26H28N2O5/c1-16-12-17(23(29)30)14-28(13-16)24(31)26(10-11-26)27-25(32)33-15-22-20-8-4-2-6-18(20)19-7-3-5-9-21(19)22/h2-9,16-17,22H,10-15H2,1H3,(H,27,32)(H,29,30). The Bertz CT molecular complexity index is 1060. The Balaban J connectivity index is 1.24. The van der Waals surface area contributed by atoms with E-state index in [0.29, 0.717) is 25.8 Å². The Morgan fingerprint density at radius 1 is 1.03 bits per heavy atom. The molecule has 0 aromatic heterocycles. The lowest BCUT2D eigenvalue weighted by molar-refractivity contribution is -0.147. The van der Waals surface area contributed by atoms with Gasteiger partial charge < -0.3 is 20.1 Å². The maximum absolute atomic E-state index is 13.2. The van der Waals surface area contributed by atoms with Crippen LogP contribution in [0.3, 0.4) is 0 Å². The third kappa shape index (κ3) is 3.96. The van der Waals surface area contributed by atoms with Crippen LogP contribution in [0.4, 0.5) is 4.79 Å². The number of rotatable bonds is 5. The van der Waals surface area contributed by atoms with E-state index in [0.717, 1.165) is 22.3 Å². The SMILES string of the molecule is CC1CC(C(=O)O)CN(C(=O)C2(NC(=O)OCC3c4ccccc4-c4ccccc43)CC2)C1. The normalized spacial score (nSPS) is 22.8. The van der Waals surface area contributed by atoms with Crippen LogP contribution in [0, 0.1) is 11.8 Å². The highest BCUT2D eigenvalue weighted by Crippen LogP contribution is 2.44. The molecule has 33 heavy (non-hydrogen) atoms. The summed E-state index contributed by atoms with van der Waals surface area (Å²) in [6, 6.07) is 16.3. The number of nitrogens with zero attached hydrogens (tertiary/aromatic N) is 1. The number of hydrogen-bond acceptors (Lipinski definition) is 4. The van der Waals surface area contributed by atoms with E-state index in [2.05, 4.69) is 29.6 Å². The maximum atomic E-state index is 13.2. The molecule has 0 spiro atoms. The molecular formula is C26H28N2O5. The molecule has 3 aliphatic rings. The minimum Gasteiger partial charge on any atom is -0.481 e. The van der Waals surface area contributed by atoms with Crippen LogP contribution in [-0.2, 0) is 14.3 Å². The zero-order valence-corrected chi connectivity index (χ0v) is 18.6. The molecule has 5 rings (SSSR count). The van der Waals surface area contributed by atoms with Gasteiger partial charge in [-0.3, -0.25) is 9.59 Å². The smallest absolute Gasteiger partial charge is 0.408 e. The van der Waals surface area contributed by atoms with E-state index in [1.165, 1.54) is 0 Å². The van der Waals surface area contributed by atoms with Gasteiger partial charge in [0.25, 0.3) is 0 Å². The van der Waals surface area contributed by atoms with Crippen LogP contribution in [0.2, 0.25) is 0 Å². The summed E-state index contributed by atoms with van der Waals surface area (Å²) in [4.78, 5) is 39.0. The Kier molecular flexibility index (Phi) is 5.35. The lowest BCUT2D eigenvalue weighted by Crippen LogP contribution is -2.55. The number of carboxylic acid groups (broad SMARTS) is 1. The lowest BCUT2D eigenvalue weighted by Gasteiger charge is -2.36. The predicted octanol–water partition coefficient (Wildman–Crippen LogP) is 3.63. The minimum absolute atomic E-state index is 0.0479. The summed E-state index contributed by atoms with van der Waals surface area (Å²) in [5, 5.41) is 12.2. The molecule has 2 N–H and O–H groups in total. The molecule has 7 nitrogen and oxygen atoms in total. The van der Waals surface area contributed by atoms with E-state index in [9.17, 15) is 19.5 Å². The van der Waals surface area contributed by atoms with Crippen LogP contribution in [0.1, 0.15) is 43.2 Å². The summed E-state index contributed by atoms with van der Waals surface area (Å²) in [6.07, 6.45) is 1.03. The first-order valence-electron chi connectivity index (χ1n) is 11.5. The first-order chi connectivity index (χ1) is 15.9. The summed E-state index contributed by atoms with van der Waals surface area (Å²) in [5.41, 5.74) is 3.60. The molecule has 2 fully saturated rings. The number of likely N-dealkylation sites (tertiary alicyclic amines) is 1. The van der Waals surface area contributed by atoms with E-state index >= 15 is 0 Å². The van der Waals surface area contributed by atoms with Crippen molar-refractivity contribution >= 4 is 18.0 Å². The summed E-state index contributed by atoms with van der Waals surface area (Å²) in [5.74, 6) is -1.59. The zero-order chi connectivity index (χ0) is 23.2. The van der Waals surface area contributed by atoms with Gasteiger partial charge >= 0.3 is 12.1 Å². The number of ether oxygens (including phenoxy) is 1. The molecule has 2 aromatic carbocycles. The second-order valence-corrected chi connectivity index (χ2v) is 9.62. The molecule has 1 heterocycles. The summed E-state index contributed by atoms with van der Waals surface area (Å²) in [6.45, 7) is 2.84. The molecule has 1 aliphatic heterocycles. The number of aliphatic carboxylic acids is 1. The Morgan fingerprint density at radius 3 is 2.21 bits per heavy atom. The zero-order valence-electron chi connectivity index (χ0n) is 18.6. The van der Waals surface area contributed by atoms with E-state index in [-0.39, 0.29) is 30.9 Å². The van der Waals surface area contributed by atoms with Crippen LogP contribution in [0.15, 0.2) is 48.5 Å². The third-order valence-corrected chi connectivity index (χ3v) is 7.14. The van der Waals surface area contributed by atoms with Crippen LogP contribution in [0.25, 0.3) is 11.1 Å². The van der Waals surface area contributed by atoms with Gasteiger partial charge in [-0.2, -0.15) is 0 Å². The average Bonchev–Trinajstić information content (AvgIpc) is 3.52. The molecule has 2 amide bonds. The topological polar surface area (TPSA) is 95.9 Å². The molecule has 2 aliphatic carbocycles. The van der Waals surface area contributed by atoms with Crippen molar-refractivity contribution in [2.24, 2.45) is 11.8 Å². The first-order valence-corrected chi connectivity index (χ1v) is 11.5. The van der Waals surface area contributed by atoms with Crippen molar-refractivity contribution in [2.75, 3.05) is 19.7 Å². The number of alkyl carbamates (subject to hydrolysis) is 1. The summed E-state index contributed by atoms with van der Waals surface area (Å²) < 4.78 is 5.62. The molecular weight excluding hydrogens is 420 g/mol. The van der Waals surface area contributed by atoms with Crippen LogP contribution >= 0.6 is 0 Å². The number of amides is 2. The largest absolute Gasteiger partial charge is 0.481 e. The Hall–Kier alpha value is -3.35. The summed E-state index contributed by atoms with van der Waals surface area (Å²) >= 11 is 0. The van der Waals surface area contributed by atoms with Gasteiger partial charge in [-0.05, 0) is 47.4 Å². The number of benzene rings is 2. The van der Waals surface area contributed by atoms with Gasteiger partial charge in [0.1, 0.15) is 12.1 Å². The second-order valence-electron chi connectivity index (χ2n) is 9.62. The average molecular weight is 449 g/mol. The molecule has 1 saturated heterocycles. The molecule has 0 bridgehead atoms. The Morgan fingerprint density at radius 2 is 1.64 bits per heavy atom. The fourth-order valence-electron chi connectivity index (χ4n) is 5.35. The highest BCUT2D eigenvalue weighted by molar-refractivity contribution is 5.93. The van der Waals surface area contributed by atoms with Crippen LogP contribution in [0.5, 0.6) is 0 Å².